The minimum Gasteiger partial charge on any atom is -0.392 e. The molecule has 2 unspecified atom stereocenters. The van der Waals surface area contributed by atoms with Crippen molar-refractivity contribution < 1.29 is 9.84 Å². The van der Waals surface area contributed by atoms with Gasteiger partial charge in [0.2, 0.25) is 0 Å². The number of halogens is 1. The summed E-state index contributed by atoms with van der Waals surface area (Å²) in [5, 5.41) is 16.0. The molecule has 0 aromatic heterocycles. The predicted octanol–water partition coefficient (Wildman–Crippen LogP) is 2.70. The van der Waals surface area contributed by atoms with Crippen molar-refractivity contribution in [3.8, 4) is 0 Å². The quantitative estimate of drug-likeness (QED) is 0.608. The van der Waals surface area contributed by atoms with E-state index >= 15 is 0 Å². The fraction of sp³-hybridized carbons (Fsp3) is 0.350. The molecular formula is C20H24IN3O2. The number of hydrogen-bond acceptors (Lipinski definition) is 5. The van der Waals surface area contributed by atoms with E-state index in [1.165, 1.54) is 16.7 Å². The van der Waals surface area contributed by atoms with Gasteiger partial charge in [-0.05, 0) is 22.3 Å². The van der Waals surface area contributed by atoms with Gasteiger partial charge in [0.05, 0.1) is 32.4 Å². The van der Waals surface area contributed by atoms with Crippen molar-refractivity contribution in [3.63, 3.8) is 0 Å². The Morgan fingerprint density at radius 2 is 1.96 bits per heavy atom. The number of aliphatic hydroxyl groups is 1. The summed E-state index contributed by atoms with van der Waals surface area (Å²) in [5.41, 5.74) is 4.76. The molecule has 4 rings (SSSR count). The Bertz CT molecular complexity index is 764. The topological polar surface area (TPSA) is 65.9 Å². The SMILES string of the molecule is I.OCc1ccc(C2CN=C(NCC3COCc4ccccc43)N2)cc1. The van der Waals surface area contributed by atoms with Gasteiger partial charge in [0.15, 0.2) is 5.96 Å². The van der Waals surface area contributed by atoms with Gasteiger partial charge in [0, 0.05) is 12.5 Å². The van der Waals surface area contributed by atoms with Crippen LogP contribution in [0.1, 0.15) is 34.2 Å². The van der Waals surface area contributed by atoms with E-state index in [9.17, 15) is 0 Å². The third-order valence-electron chi connectivity index (χ3n) is 4.90. The number of rotatable bonds is 4. The number of ether oxygens (including phenoxy) is 1. The van der Waals surface area contributed by atoms with Crippen LogP contribution in [-0.2, 0) is 18.0 Å². The third kappa shape index (κ3) is 4.19. The molecule has 0 amide bonds. The fourth-order valence-electron chi connectivity index (χ4n) is 3.44. The van der Waals surface area contributed by atoms with Gasteiger partial charge in [-0.2, -0.15) is 0 Å². The van der Waals surface area contributed by atoms with Crippen molar-refractivity contribution in [1.29, 1.82) is 0 Å². The summed E-state index contributed by atoms with van der Waals surface area (Å²) >= 11 is 0. The van der Waals surface area contributed by atoms with Crippen molar-refractivity contribution in [1.82, 2.24) is 10.6 Å². The smallest absolute Gasteiger partial charge is 0.191 e. The zero-order valence-electron chi connectivity index (χ0n) is 14.5. The Hall–Kier alpha value is -1.64. The molecule has 0 bridgehead atoms. The number of nitrogens with one attached hydrogen (secondary N) is 2. The van der Waals surface area contributed by atoms with E-state index < -0.39 is 0 Å². The molecule has 2 heterocycles. The number of aliphatic imine (C=N–C) groups is 1. The molecule has 2 aromatic rings. The highest BCUT2D eigenvalue weighted by atomic mass is 127. The number of aliphatic hydroxyl groups excluding tert-OH is 1. The van der Waals surface area contributed by atoms with Gasteiger partial charge in [-0.25, -0.2) is 0 Å². The zero-order chi connectivity index (χ0) is 17.1. The molecule has 5 nitrogen and oxygen atoms in total. The molecule has 138 valence electrons. The lowest BCUT2D eigenvalue weighted by atomic mass is 9.93. The van der Waals surface area contributed by atoms with E-state index in [-0.39, 0.29) is 36.6 Å². The minimum absolute atomic E-state index is 0. The molecule has 0 saturated heterocycles. The summed E-state index contributed by atoms with van der Waals surface area (Å²) < 4.78 is 5.72. The van der Waals surface area contributed by atoms with Crippen molar-refractivity contribution in [3.05, 3.63) is 70.8 Å². The lowest BCUT2D eigenvalue weighted by Crippen LogP contribution is -2.39. The Balaban J connectivity index is 0.00000196. The summed E-state index contributed by atoms with van der Waals surface area (Å²) in [5.74, 6) is 1.19. The monoisotopic (exact) mass is 465 g/mol. The molecule has 0 fully saturated rings. The average molecular weight is 465 g/mol. The molecule has 3 N–H and O–H groups in total. The standard InChI is InChI=1S/C20H23N3O2.HI/c24-11-14-5-7-15(8-6-14)19-10-22-20(23-19)21-9-17-13-25-12-16-3-1-2-4-18(16)17;/h1-8,17,19,24H,9-13H2,(H2,21,22,23);1H. The summed E-state index contributed by atoms with van der Waals surface area (Å²) in [6.07, 6.45) is 0. The average Bonchev–Trinajstić information content (AvgIpc) is 3.15. The minimum atomic E-state index is 0. The maximum absolute atomic E-state index is 9.14. The Labute approximate surface area is 170 Å². The highest BCUT2D eigenvalue weighted by Crippen LogP contribution is 2.26. The highest BCUT2D eigenvalue weighted by molar-refractivity contribution is 14.0. The summed E-state index contributed by atoms with van der Waals surface area (Å²) in [7, 11) is 0. The second-order valence-electron chi connectivity index (χ2n) is 6.58. The van der Waals surface area contributed by atoms with Crippen LogP contribution in [0.4, 0.5) is 0 Å². The van der Waals surface area contributed by atoms with Crippen molar-refractivity contribution in [2.24, 2.45) is 4.99 Å². The lowest BCUT2D eigenvalue weighted by molar-refractivity contribution is 0.0917. The van der Waals surface area contributed by atoms with Gasteiger partial charge in [0.25, 0.3) is 0 Å². The molecule has 0 aliphatic carbocycles. The van der Waals surface area contributed by atoms with Crippen LogP contribution in [0.15, 0.2) is 53.5 Å². The molecule has 0 spiro atoms. The normalized spacial score (nSPS) is 21.2. The molecule has 2 aliphatic rings. The van der Waals surface area contributed by atoms with E-state index in [2.05, 4.69) is 39.9 Å². The van der Waals surface area contributed by atoms with Gasteiger partial charge >= 0.3 is 0 Å². The molecular weight excluding hydrogens is 441 g/mol. The molecule has 2 aliphatic heterocycles. The van der Waals surface area contributed by atoms with Crippen LogP contribution in [0.2, 0.25) is 0 Å². The summed E-state index contributed by atoms with van der Waals surface area (Å²) in [6.45, 7) is 3.05. The van der Waals surface area contributed by atoms with Crippen LogP contribution in [0.25, 0.3) is 0 Å². The molecule has 0 saturated carbocycles. The van der Waals surface area contributed by atoms with Gasteiger partial charge in [-0.3, -0.25) is 4.99 Å². The number of fused-ring (bicyclic) bond motifs is 1. The van der Waals surface area contributed by atoms with Crippen LogP contribution in [0.3, 0.4) is 0 Å². The first-order valence-corrected chi connectivity index (χ1v) is 8.73. The van der Waals surface area contributed by atoms with E-state index in [1.54, 1.807) is 0 Å². The second-order valence-corrected chi connectivity index (χ2v) is 6.58. The predicted molar refractivity (Wildman–Crippen MR) is 113 cm³/mol. The lowest BCUT2D eigenvalue weighted by Gasteiger charge is -2.26. The largest absolute Gasteiger partial charge is 0.392 e. The highest BCUT2D eigenvalue weighted by Gasteiger charge is 2.23. The van der Waals surface area contributed by atoms with Crippen molar-refractivity contribution in [2.45, 2.75) is 25.2 Å². The summed E-state index contributed by atoms with van der Waals surface area (Å²) in [4.78, 5) is 4.58. The van der Waals surface area contributed by atoms with Crippen LogP contribution < -0.4 is 10.6 Å². The van der Waals surface area contributed by atoms with Gasteiger partial charge in [-0.15, -0.1) is 24.0 Å². The summed E-state index contributed by atoms with van der Waals surface area (Å²) in [6, 6.07) is 16.7. The van der Waals surface area contributed by atoms with Crippen molar-refractivity contribution >= 4 is 29.9 Å². The maximum Gasteiger partial charge on any atom is 0.191 e. The molecule has 0 radical (unpaired) electrons. The molecule has 6 heteroatoms. The first kappa shape index (κ1) is 19.1. The second kappa shape index (κ2) is 8.83. The van der Waals surface area contributed by atoms with Gasteiger partial charge < -0.3 is 20.5 Å². The number of hydrogen-bond donors (Lipinski definition) is 3. The fourth-order valence-corrected chi connectivity index (χ4v) is 3.44. The van der Waals surface area contributed by atoms with Gasteiger partial charge in [0.1, 0.15) is 0 Å². The zero-order valence-corrected chi connectivity index (χ0v) is 16.9. The first-order valence-electron chi connectivity index (χ1n) is 8.73. The van der Waals surface area contributed by atoms with Crippen LogP contribution in [0.5, 0.6) is 0 Å². The van der Waals surface area contributed by atoms with Crippen LogP contribution in [0, 0.1) is 0 Å². The molecule has 26 heavy (non-hydrogen) atoms. The number of guanidine groups is 1. The van der Waals surface area contributed by atoms with Gasteiger partial charge in [-0.1, -0.05) is 48.5 Å². The number of nitrogens with zero attached hydrogens (tertiary/aromatic N) is 1. The Kier molecular flexibility index (Phi) is 6.50. The van der Waals surface area contributed by atoms with E-state index in [1.807, 2.05) is 24.3 Å². The first-order chi connectivity index (χ1) is 12.3. The van der Waals surface area contributed by atoms with E-state index in [0.29, 0.717) is 12.5 Å². The van der Waals surface area contributed by atoms with E-state index in [0.717, 1.165) is 31.2 Å². The van der Waals surface area contributed by atoms with Crippen molar-refractivity contribution in [2.75, 3.05) is 19.7 Å². The van der Waals surface area contributed by atoms with E-state index in [4.69, 9.17) is 9.84 Å². The Morgan fingerprint density at radius 3 is 2.77 bits per heavy atom. The molecule has 2 aromatic carbocycles. The van der Waals surface area contributed by atoms with Crippen LogP contribution in [-0.4, -0.2) is 30.8 Å². The number of benzene rings is 2. The third-order valence-corrected chi connectivity index (χ3v) is 4.90. The Morgan fingerprint density at radius 1 is 1.15 bits per heavy atom. The molecule has 2 atom stereocenters. The maximum atomic E-state index is 9.14. The van der Waals surface area contributed by atoms with Crippen LogP contribution >= 0.6 is 24.0 Å².